The average molecular weight is 322 g/mol. The maximum Gasteiger partial charge on any atom is 0.328 e. The predicted molar refractivity (Wildman–Crippen MR) is 92.6 cm³/mol. The van der Waals surface area contributed by atoms with Crippen LogP contribution in [0.15, 0.2) is 54.6 Å². The molecular weight excluding hydrogens is 300 g/mol. The summed E-state index contributed by atoms with van der Waals surface area (Å²) in [6, 6.07) is 17.9. The van der Waals surface area contributed by atoms with Gasteiger partial charge in [-0.3, -0.25) is 4.90 Å². The highest BCUT2D eigenvalue weighted by Crippen LogP contribution is 2.40. The van der Waals surface area contributed by atoms with Crippen molar-refractivity contribution in [1.82, 2.24) is 9.80 Å². The number of carbonyl (C=O) groups is 1. The van der Waals surface area contributed by atoms with Gasteiger partial charge in [0.25, 0.3) is 0 Å². The standard InChI is InChI=1S/C20H22N2O2/c1-21-11-13-22(14-12-21)18-16-9-5-6-10-17(16)19(24-20(18)23)15-7-3-2-4-8-15/h2-10,18-19H,11-14H2,1H3. The Kier molecular flexibility index (Phi) is 4.08. The van der Waals surface area contributed by atoms with Crippen LogP contribution in [0.2, 0.25) is 0 Å². The van der Waals surface area contributed by atoms with E-state index in [1.165, 1.54) is 0 Å². The zero-order valence-electron chi connectivity index (χ0n) is 13.9. The zero-order chi connectivity index (χ0) is 16.5. The molecule has 0 saturated carbocycles. The number of piperazine rings is 1. The Labute approximate surface area is 142 Å². The molecule has 0 amide bonds. The minimum absolute atomic E-state index is 0.132. The van der Waals surface area contributed by atoms with Crippen LogP contribution in [0, 0.1) is 0 Å². The Hall–Kier alpha value is -2.17. The third kappa shape index (κ3) is 2.72. The third-order valence-electron chi connectivity index (χ3n) is 5.04. The number of likely N-dealkylation sites (N-methyl/N-ethyl adjacent to an activating group) is 1. The van der Waals surface area contributed by atoms with Crippen LogP contribution in [0.3, 0.4) is 0 Å². The summed E-state index contributed by atoms with van der Waals surface area (Å²) in [5.41, 5.74) is 3.22. The third-order valence-corrected chi connectivity index (χ3v) is 5.04. The second-order valence-electron chi connectivity index (χ2n) is 6.60. The summed E-state index contributed by atoms with van der Waals surface area (Å²) in [4.78, 5) is 17.4. The maximum atomic E-state index is 12.8. The molecule has 0 N–H and O–H groups in total. The molecule has 2 unspecified atom stereocenters. The van der Waals surface area contributed by atoms with Crippen molar-refractivity contribution in [3.05, 3.63) is 71.3 Å². The van der Waals surface area contributed by atoms with Gasteiger partial charge in [0.2, 0.25) is 0 Å². The van der Waals surface area contributed by atoms with E-state index in [4.69, 9.17) is 4.74 Å². The fraction of sp³-hybridized carbons (Fsp3) is 0.350. The van der Waals surface area contributed by atoms with Crippen molar-refractivity contribution in [2.24, 2.45) is 0 Å². The van der Waals surface area contributed by atoms with E-state index in [-0.39, 0.29) is 18.1 Å². The summed E-state index contributed by atoms with van der Waals surface area (Å²) in [7, 11) is 2.12. The van der Waals surface area contributed by atoms with Gasteiger partial charge >= 0.3 is 5.97 Å². The molecule has 4 rings (SSSR count). The molecule has 2 aliphatic rings. The van der Waals surface area contributed by atoms with E-state index in [9.17, 15) is 4.79 Å². The highest BCUT2D eigenvalue weighted by Gasteiger charge is 2.39. The van der Waals surface area contributed by atoms with E-state index in [2.05, 4.69) is 29.0 Å². The predicted octanol–water partition coefficient (Wildman–Crippen LogP) is 2.62. The van der Waals surface area contributed by atoms with Gasteiger partial charge in [0, 0.05) is 31.7 Å². The first-order valence-corrected chi connectivity index (χ1v) is 8.51. The lowest BCUT2D eigenvalue weighted by molar-refractivity contribution is -0.157. The van der Waals surface area contributed by atoms with Gasteiger partial charge in [-0.05, 0) is 18.2 Å². The minimum Gasteiger partial charge on any atom is -0.451 e. The number of ether oxygens (including phenoxy) is 1. The number of hydrogen-bond donors (Lipinski definition) is 0. The number of hydrogen-bond acceptors (Lipinski definition) is 4. The largest absolute Gasteiger partial charge is 0.451 e. The lowest BCUT2D eigenvalue weighted by Gasteiger charge is -2.40. The summed E-state index contributed by atoms with van der Waals surface area (Å²) in [5.74, 6) is -0.132. The highest BCUT2D eigenvalue weighted by atomic mass is 16.5. The summed E-state index contributed by atoms with van der Waals surface area (Å²) < 4.78 is 5.90. The molecule has 2 atom stereocenters. The number of rotatable bonds is 2. The minimum atomic E-state index is -0.307. The second-order valence-corrected chi connectivity index (χ2v) is 6.60. The first kappa shape index (κ1) is 15.4. The molecule has 2 aliphatic heterocycles. The van der Waals surface area contributed by atoms with Crippen LogP contribution in [0.1, 0.15) is 28.8 Å². The number of benzene rings is 2. The SMILES string of the molecule is CN1CCN(C2C(=O)OC(c3ccccc3)c3ccccc32)CC1. The van der Waals surface area contributed by atoms with Gasteiger partial charge in [0.15, 0.2) is 6.10 Å². The van der Waals surface area contributed by atoms with Crippen molar-refractivity contribution in [3.8, 4) is 0 Å². The molecule has 0 spiro atoms. The molecule has 0 aromatic heterocycles. The van der Waals surface area contributed by atoms with Crippen LogP contribution < -0.4 is 0 Å². The van der Waals surface area contributed by atoms with Gasteiger partial charge in [-0.1, -0.05) is 54.6 Å². The topological polar surface area (TPSA) is 32.8 Å². The molecule has 2 aromatic carbocycles. The van der Waals surface area contributed by atoms with Crippen LogP contribution in [-0.2, 0) is 9.53 Å². The molecular formula is C20H22N2O2. The summed E-state index contributed by atoms with van der Waals surface area (Å²) in [6.45, 7) is 3.74. The van der Waals surface area contributed by atoms with Crippen molar-refractivity contribution < 1.29 is 9.53 Å². The quantitative estimate of drug-likeness (QED) is 0.796. The average Bonchev–Trinajstić information content (AvgIpc) is 2.63. The zero-order valence-corrected chi connectivity index (χ0v) is 13.9. The van der Waals surface area contributed by atoms with Gasteiger partial charge < -0.3 is 9.64 Å². The van der Waals surface area contributed by atoms with Gasteiger partial charge in [-0.15, -0.1) is 0 Å². The Morgan fingerprint density at radius 1 is 0.875 bits per heavy atom. The van der Waals surface area contributed by atoms with Crippen molar-refractivity contribution in [2.75, 3.05) is 33.2 Å². The summed E-state index contributed by atoms with van der Waals surface area (Å²) >= 11 is 0. The fourth-order valence-corrected chi connectivity index (χ4v) is 3.67. The van der Waals surface area contributed by atoms with Gasteiger partial charge in [0.05, 0.1) is 0 Å². The Balaban J connectivity index is 1.71. The van der Waals surface area contributed by atoms with Gasteiger partial charge in [0.1, 0.15) is 6.04 Å². The van der Waals surface area contributed by atoms with Crippen LogP contribution in [0.5, 0.6) is 0 Å². The fourth-order valence-electron chi connectivity index (χ4n) is 3.67. The molecule has 24 heavy (non-hydrogen) atoms. The van der Waals surface area contributed by atoms with E-state index in [1.807, 2.05) is 42.5 Å². The van der Waals surface area contributed by atoms with Crippen LogP contribution in [0.4, 0.5) is 0 Å². The molecule has 4 heteroatoms. The van der Waals surface area contributed by atoms with Crippen LogP contribution in [0.25, 0.3) is 0 Å². The summed E-state index contributed by atoms with van der Waals surface area (Å²) in [6.07, 6.45) is -0.307. The monoisotopic (exact) mass is 322 g/mol. The number of fused-ring (bicyclic) bond motifs is 1. The van der Waals surface area contributed by atoms with E-state index in [1.54, 1.807) is 0 Å². The van der Waals surface area contributed by atoms with Crippen LogP contribution in [-0.4, -0.2) is 49.0 Å². The van der Waals surface area contributed by atoms with E-state index in [0.717, 1.165) is 42.9 Å². The Bertz CT molecular complexity index is 723. The van der Waals surface area contributed by atoms with Crippen molar-refractivity contribution in [2.45, 2.75) is 12.1 Å². The lowest BCUT2D eigenvalue weighted by atomic mass is 9.89. The molecule has 0 bridgehead atoms. The van der Waals surface area contributed by atoms with Gasteiger partial charge in [-0.25, -0.2) is 4.79 Å². The van der Waals surface area contributed by atoms with E-state index >= 15 is 0 Å². The second kappa shape index (κ2) is 6.38. The first-order chi connectivity index (χ1) is 11.7. The first-order valence-electron chi connectivity index (χ1n) is 8.51. The molecule has 124 valence electrons. The number of esters is 1. The Morgan fingerprint density at radius 2 is 1.50 bits per heavy atom. The molecule has 1 fully saturated rings. The normalized spacial score (nSPS) is 25.1. The Morgan fingerprint density at radius 3 is 2.21 bits per heavy atom. The molecule has 2 aromatic rings. The van der Waals surface area contributed by atoms with Crippen molar-refractivity contribution >= 4 is 5.97 Å². The number of nitrogens with zero attached hydrogens (tertiary/aromatic N) is 2. The number of cyclic esters (lactones) is 1. The van der Waals surface area contributed by atoms with E-state index < -0.39 is 0 Å². The smallest absolute Gasteiger partial charge is 0.328 e. The lowest BCUT2D eigenvalue weighted by Crippen LogP contribution is -2.49. The molecule has 4 nitrogen and oxygen atoms in total. The van der Waals surface area contributed by atoms with Crippen molar-refractivity contribution in [1.29, 1.82) is 0 Å². The van der Waals surface area contributed by atoms with E-state index in [0.29, 0.717) is 0 Å². The van der Waals surface area contributed by atoms with Gasteiger partial charge in [-0.2, -0.15) is 0 Å². The van der Waals surface area contributed by atoms with Crippen LogP contribution >= 0.6 is 0 Å². The maximum absolute atomic E-state index is 12.8. The number of carbonyl (C=O) groups excluding carboxylic acids is 1. The van der Waals surface area contributed by atoms with Crippen molar-refractivity contribution in [3.63, 3.8) is 0 Å². The molecule has 2 heterocycles. The molecule has 0 radical (unpaired) electrons. The molecule has 1 saturated heterocycles. The molecule has 0 aliphatic carbocycles. The highest BCUT2D eigenvalue weighted by molar-refractivity contribution is 5.81. The summed E-state index contributed by atoms with van der Waals surface area (Å²) in [5, 5.41) is 0.